The van der Waals surface area contributed by atoms with E-state index >= 15 is 0 Å². The molecule has 0 aliphatic heterocycles. The van der Waals surface area contributed by atoms with Crippen LogP contribution in [0.4, 0.5) is 0 Å². The summed E-state index contributed by atoms with van der Waals surface area (Å²) >= 11 is 0. The lowest BCUT2D eigenvalue weighted by molar-refractivity contribution is -0.145. The van der Waals surface area contributed by atoms with E-state index in [4.69, 9.17) is 5.26 Å². The van der Waals surface area contributed by atoms with Gasteiger partial charge in [0, 0.05) is 0 Å². The predicted octanol–water partition coefficient (Wildman–Crippen LogP) is 2.56. The molecule has 0 aliphatic rings. The highest BCUT2D eigenvalue weighted by Crippen LogP contribution is 2.32. The monoisotopic (exact) mass is 217 g/mol. The van der Waals surface area contributed by atoms with E-state index in [-0.39, 0.29) is 5.92 Å². The maximum absolute atomic E-state index is 11.4. The average molecular weight is 217 g/mol. The molecule has 0 radical (unpaired) electrons. The van der Waals surface area contributed by atoms with Crippen molar-refractivity contribution in [3.63, 3.8) is 0 Å². The molecule has 0 spiro atoms. The smallest absolute Gasteiger partial charge is 0.314 e. The van der Waals surface area contributed by atoms with Gasteiger partial charge in [0.25, 0.3) is 0 Å². The fourth-order valence-electron chi connectivity index (χ4n) is 1.62. The fourth-order valence-corrected chi connectivity index (χ4v) is 1.62. The van der Waals surface area contributed by atoms with Gasteiger partial charge in [0.2, 0.25) is 0 Å². The predicted molar refractivity (Wildman–Crippen MR) is 61.0 cm³/mol. The zero-order chi connectivity index (χ0) is 12.3. The van der Waals surface area contributed by atoms with Crippen molar-refractivity contribution in [1.82, 2.24) is 0 Å². The van der Waals surface area contributed by atoms with Crippen LogP contribution in [0.5, 0.6) is 0 Å². The third kappa shape index (κ3) is 1.92. The zero-order valence-corrected chi connectivity index (χ0v) is 9.69. The zero-order valence-electron chi connectivity index (χ0n) is 9.69. The summed E-state index contributed by atoms with van der Waals surface area (Å²) < 4.78 is 0. The van der Waals surface area contributed by atoms with Crippen LogP contribution < -0.4 is 0 Å². The van der Waals surface area contributed by atoms with Crippen LogP contribution in [-0.4, -0.2) is 11.1 Å². The Morgan fingerprint density at radius 2 is 2.12 bits per heavy atom. The Bertz CT molecular complexity index is 445. The quantitative estimate of drug-likeness (QED) is 0.846. The number of carboxylic acid groups (broad SMARTS) is 1. The third-order valence-corrected chi connectivity index (χ3v) is 3.19. The number of nitriles is 1. The van der Waals surface area contributed by atoms with Crippen LogP contribution in [-0.2, 0) is 10.2 Å². The summed E-state index contributed by atoms with van der Waals surface area (Å²) in [4.78, 5) is 11.4. The van der Waals surface area contributed by atoms with Gasteiger partial charge in [0.15, 0.2) is 0 Å². The number of rotatable bonds is 3. The molecule has 0 saturated heterocycles. The maximum atomic E-state index is 11.4. The molecule has 16 heavy (non-hydrogen) atoms. The summed E-state index contributed by atoms with van der Waals surface area (Å²) in [7, 11) is 0. The molecule has 3 heteroatoms. The number of carboxylic acids is 1. The van der Waals surface area contributed by atoms with Crippen molar-refractivity contribution >= 4 is 5.97 Å². The standard InChI is InChI=1S/C13H15NO2/c1-9(2)13(3,12(15)16)11-6-4-5-10(7-11)8-14/h4-7,9H,1-3H3,(H,15,16). The maximum Gasteiger partial charge on any atom is 0.314 e. The first-order chi connectivity index (χ1) is 7.42. The number of hydrogen-bond acceptors (Lipinski definition) is 2. The molecule has 0 aromatic heterocycles. The molecule has 1 unspecified atom stereocenters. The van der Waals surface area contributed by atoms with Gasteiger partial charge in [0.05, 0.1) is 17.0 Å². The first-order valence-corrected chi connectivity index (χ1v) is 5.17. The second-order valence-electron chi connectivity index (χ2n) is 4.35. The van der Waals surface area contributed by atoms with Gasteiger partial charge < -0.3 is 5.11 Å². The third-order valence-electron chi connectivity index (χ3n) is 3.19. The van der Waals surface area contributed by atoms with E-state index in [0.717, 1.165) is 0 Å². The van der Waals surface area contributed by atoms with E-state index < -0.39 is 11.4 Å². The van der Waals surface area contributed by atoms with Gasteiger partial charge in [-0.1, -0.05) is 26.0 Å². The van der Waals surface area contributed by atoms with Gasteiger partial charge in [-0.05, 0) is 30.5 Å². The number of nitrogens with zero attached hydrogens (tertiary/aromatic N) is 1. The highest BCUT2D eigenvalue weighted by Gasteiger charge is 2.38. The molecule has 1 aromatic rings. The van der Waals surface area contributed by atoms with Crippen molar-refractivity contribution in [1.29, 1.82) is 5.26 Å². The van der Waals surface area contributed by atoms with Crippen LogP contribution in [0.2, 0.25) is 0 Å². The molecule has 0 saturated carbocycles. The minimum absolute atomic E-state index is 0.0426. The second-order valence-corrected chi connectivity index (χ2v) is 4.35. The molecule has 0 heterocycles. The molecule has 1 aromatic carbocycles. The highest BCUT2D eigenvalue weighted by atomic mass is 16.4. The van der Waals surface area contributed by atoms with Crippen molar-refractivity contribution in [2.24, 2.45) is 5.92 Å². The largest absolute Gasteiger partial charge is 0.481 e. The van der Waals surface area contributed by atoms with Crippen LogP contribution in [0.3, 0.4) is 0 Å². The summed E-state index contributed by atoms with van der Waals surface area (Å²) in [6.45, 7) is 5.43. The lowest BCUT2D eigenvalue weighted by Gasteiger charge is -2.29. The molecule has 84 valence electrons. The lowest BCUT2D eigenvalue weighted by Crippen LogP contribution is -2.37. The molecule has 0 aliphatic carbocycles. The first kappa shape index (κ1) is 12.3. The number of hydrogen-bond donors (Lipinski definition) is 1. The van der Waals surface area contributed by atoms with Crippen molar-refractivity contribution in [2.75, 3.05) is 0 Å². The Morgan fingerprint density at radius 3 is 2.56 bits per heavy atom. The summed E-state index contributed by atoms with van der Waals surface area (Å²) in [6.07, 6.45) is 0. The Morgan fingerprint density at radius 1 is 1.50 bits per heavy atom. The van der Waals surface area contributed by atoms with Gasteiger partial charge in [-0.3, -0.25) is 4.79 Å². The average Bonchev–Trinajstić information content (AvgIpc) is 2.27. The van der Waals surface area contributed by atoms with Crippen LogP contribution in [0, 0.1) is 17.2 Å². The normalized spacial score (nSPS) is 14.2. The minimum Gasteiger partial charge on any atom is -0.481 e. The van der Waals surface area contributed by atoms with Gasteiger partial charge >= 0.3 is 5.97 Å². The van der Waals surface area contributed by atoms with Crippen molar-refractivity contribution < 1.29 is 9.90 Å². The van der Waals surface area contributed by atoms with Gasteiger partial charge in [0.1, 0.15) is 0 Å². The highest BCUT2D eigenvalue weighted by molar-refractivity contribution is 5.81. The van der Waals surface area contributed by atoms with E-state index in [1.807, 2.05) is 19.9 Å². The molecular weight excluding hydrogens is 202 g/mol. The van der Waals surface area contributed by atoms with Crippen LogP contribution in [0.1, 0.15) is 31.9 Å². The Balaban J connectivity index is 3.33. The number of carbonyl (C=O) groups is 1. The van der Waals surface area contributed by atoms with Crippen LogP contribution >= 0.6 is 0 Å². The van der Waals surface area contributed by atoms with E-state index in [2.05, 4.69) is 0 Å². The second kappa shape index (κ2) is 4.36. The molecule has 3 nitrogen and oxygen atoms in total. The summed E-state index contributed by atoms with van der Waals surface area (Å²) in [5.74, 6) is -0.906. The first-order valence-electron chi connectivity index (χ1n) is 5.17. The van der Waals surface area contributed by atoms with Crippen LogP contribution in [0.15, 0.2) is 24.3 Å². The SMILES string of the molecule is CC(C)C(C)(C(=O)O)c1cccc(C#N)c1. The number of benzene rings is 1. The number of aliphatic carboxylic acids is 1. The lowest BCUT2D eigenvalue weighted by atomic mass is 9.73. The van der Waals surface area contributed by atoms with Gasteiger partial charge in [-0.15, -0.1) is 0 Å². The Labute approximate surface area is 95.3 Å². The molecule has 1 N–H and O–H groups in total. The molecule has 1 rings (SSSR count). The molecule has 0 bridgehead atoms. The van der Waals surface area contributed by atoms with Crippen molar-refractivity contribution in [2.45, 2.75) is 26.2 Å². The van der Waals surface area contributed by atoms with Crippen molar-refractivity contribution in [3.8, 4) is 6.07 Å². The van der Waals surface area contributed by atoms with Gasteiger partial charge in [-0.25, -0.2) is 0 Å². The summed E-state index contributed by atoms with van der Waals surface area (Å²) in [5, 5.41) is 18.1. The summed E-state index contributed by atoms with van der Waals surface area (Å²) in [5.41, 5.74) is 0.215. The molecular formula is C13H15NO2. The topological polar surface area (TPSA) is 61.1 Å². The molecule has 0 fully saturated rings. The Hall–Kier alpha value is -1.82. The fraction of sp³-hybridized carbons (Fsp3) is 0.385. The van der Waals surface area contributed by atoms with Gasteiger partial charge in [-0.2, -0.15) is 5.26 Å². The molecule has 1 atom stereocenters. The minimum atomic E-state index is -0.952. The Kier molecular flexibility index (Phi) is 3.34. The van der Waals surface area contributed by atoms with E-state index in [1.54, 1.807) is 31.2 Å². The van der Waals surface area contributed by atoms with Crippen molar-refractivity contribution in [3.05, 3.63) is 35.4 Å². The van der Waals surface area contributed by atoms with E-state index in [0.29, 0.717) is 11.1 Å². The summed E-state index contributed by atoms with van der Waals surface area (Å²) in [6, 6.07) is 8.82. The van der Waals surface area contributed by atoms with Crippen LogP contribution in [0.25, 0.3) is 0 Å². The van der Waals surface area contributed by atoms with E-state index in [9.17, 15) is 9.90 Å². The molecule has 0 amide bonds. The van der Waals surface area contributed by atoms with E-state index in [1.165, 1.54) is 0 Å².